The average molecular weight is 419 g/mol. The normalized spacial score (nSPS) is 12.4. The van der Waals surface area contributed by atoms with Crippen LogP contribution in [0, 0.1) is 0 Å². The molecule has 3 N–H and O–H groups in total. The van der Waals surface area contributed by atoms with E-state index in [4.69, 9.17) is 5.73 Å². The molecule has 0 amide bonds. The van der Waals surface area contributed by atoms with Gasteiger partial charge in [-0.3, -0.25) is 0 Å². The molecule has 1 aromatic carbocycles. The smallest absolute Gasteiger partial charge is 0.417 e. The second kappa shape index (κ2) is 9.03. The van der Waals surface area contributed by atoms with Crippen LogP contribution < -0.4 is 10.5 Å². The average Bonchev–Trinajstić information content (AvgIpc) is 2.57. The summed E-state index contributed by atoms with van der Waals surface area (Å²) >= 11 is 0. The number of halogens is 4. The summed E-state index contributed by atoms with van der Waals surface area (Å²) in [6.07, 6.45) is -3.94. The van der Waals surface area contributed by atoms with Crippen LogP contribution in [-0.2, 0) is 20.9 Å². The van der Waals surface area contributed by atoms with Gasteiger partial charge in [-0.15, -0.1) is 12.4 Å². The summed E-state index contributed by atoms with van der Waals surface area (Å²) in [7, 11) is -3.29. The molecule has 0 aliphatic rings. The number of benzene rings is 1. The Labute approximate surface area is 156 Å². The lowest BCUT2D eigenvalue weighted by atomic mass is 9.95. The van der Waals surface area contributed by atoms with Crippen LogP contribution in [0.15, 0.2) is 23.1 Å². The fraction of sp³-hybridized carbons (Fsp3) is 0.533. The molecule has 0 bridgehead atoms. The number of esters is 1. The molecule has 1 aromatic rings. The van der Waals surface area contributed by atoms with Gasteiger partial charge in [0, 0.05) is 12.1 Å². The third kappa shape index (κ3) is 5.83. The van der Waals surface area contributed by atoms with Gasteiger partial charge in [0.2, 0.25) is 10.0 Å². The number of hydrogen-bond donors (Lipinski definition) is 2. The zero-order valence-corrected chi connectivity index (χ0v) is 16.1. The van der Waals surface area contributed by atoms with Gasteiger partial charge in [-0.2, -0.15) is 13.2 Å². The highest BCUT2D eigenvalue weighted by atomic mass is 35.5. The highest BCUT2D eigenvalue weighted by Crippen LogP contribution is 2.34. The van der Waals surface area contributed by atoms with Crippen LogP contribution in [0.2, 0.25) is 0 Å². The first-order valence-corrected chi connectivity index (χ1v) is 8.96. The second-order valence-corrected chi connectivity index (χ2v) is 7.36. The van der Waals surface area contributed by atoms with Crippen molar-refractivity contribution in [3.63, 3.8) is 0 Å². The van der Waals surface area contributed by atoms with Gasteiger partial charge in [0.1, 0.15) is 0 Å². The molecule has 150 valence electrons. The van der Waals surface area contributed by atoms with E-state index in [1.165, 1.54) is 0 Å². The van der Waals surface area contributed by atoms with Crippen LogP contribution in [0.5, 0.6) is 0 Å². The van der Waals surface area contributed by atoms with Crippen molar-refractivity contribution >= 4 is 28.4 Å². The summed E-state index contributed by atoms with van der Waals surface area (Å²) in [6, 6.07) is 2.10. The maximum atomic E-state index is 13.2. The molecule has 0 aliphatic heterocycles. The van der Waals surface area contributed by atoms with Gasteiger partial charge in [-0.05, 0) is 31.0 Å². The molecule has 0 saturated carbocycles. The van der Waals surface area contributed by atoms with E-state index < -0.39 is 43.7 Å². The van der Waals surface area contributed by atoms with E-state index in [0.29, 0.717) is 18.9 Å². The van der Waals surface area contributed by atoms with E-state index in [1.807, 2.05) is 0 Å². The molecule has 0 aliphatic carbocycles. The van der Waals surface area contributed by atoms with Crippen molar-refractivity contribution < 1.29 is 31.1 Å². The second-order valence-electron chi connectivity index (χ2n) is 5.59. The summed E-state index contributed by atoms with van der Waals surface area (Å²) in [4.78, 5) is 10.9. The number of rotatable bonds is 7. The Morgan fingerprint density at radius 2 is 1.77 bits per heavy atom. The van der Waals surface area contributed by atoms with E-state index in [9.17, 15) is 26.4 Å². The number of ether oxygens (including phenoxy) is 1. The van der Waals surface area contributed by atoms with Crippen molar-refractivity contribution in [2.45, 2.75) is 43.3 Å². The Hall–Kier alpha value is -1.36. The third-order valence-electron chi connectivity index (χ3n) is 4.03. The molecule has 0 heterocycles. The standard InChI is InChI=1S/C15H21F3N2O4S.ClH/c1-4-14(19,5-2)9-20-25(22,23)10-6-7-11(13(21)24-3)12(8-10)15(16,17)18;/h6-8,20H,4-5,9,19H2,1-3H3;1H. The Morgan fingerprint density at radius 1 is 1.23 bits per heavy atom. The minimum Gasteiger partial charge on any atom is -0.465 e. The Bertz CT molecular complexity index is 735. The molecular formula is C15H22ClF3N2O4S. The zero-order valence-electron chi connectivity index (χ0n) is 14.5. The highest BCUT2D eigenvalue weighted by Gasteiger charge is 2.37. The van der Waals surface area contributed by atoms with Gasteiger partial charge >= 0.3 is 12.1 Å². The number of hydrogen-bond acceptors (Lipinski definition) is 5. The van der Waals surface area contributed by atoms with Crippen LogP contribution in [0.3, 0.4) is 0 Å². The fourth-order valence-corrected chi connectivity index (χ4v) is 3.20. The van der Waals surface area contributed by atoms with Crippen molar-refractivity contribution in [2.75, 3.05) is 13.7 Å². The molecule has 0 saturated heterocycles. The van der Waals surface area contributed by atoms with Crippen LogP contribution in [0.25, 0.3) is 0 Å². The monoisotopic (exact) mass is 418 g/mol. The van der Waals surface area contributed by atoms with E-state index in [1.54, 1.807) is 13.8 Å². The Kier molecular flexibility index (Phi) is 8.55. The first-order valence-electron chi connectivity index (χ1n) is 7.48. The quantitative estimate of drug-likeness (QED) is 0.663. The van der Waals surface area contributed by atoms with Crippen molar-refractivity contribution in [3.05, 3.63) is 29.3 Å². The lowest BCUT2D eigenvalue weighted by Gasteiger charge is -2.26. The zero-order chi connectivity index (χ0) is 19.5. The summed E-state index contributed by atoms with van der Waals surface area (Å²) in [5, 5.41) is 0. The van der Waals surface area contributed by atoms with Crippen LogP contribution >= 0.6 is 12.4 Å². The molecule has 0 aromatic heterocycles. The summed E-state index contributed by atoms with van der Waals surface area (Å²) in [5.74, 6) is -1.21. The maximum Gasteiger partial charge on any atom is 0.417 e. The van der Waals surface area contributed by atoms with E-state index in [2.05, 4.69) is 9.46 Å². The Balaban J connectivity index is 0.00000625. The molecule has 0 fully saturated rings. The number of carbonyl (C=O) groups excluding carboxylic acids is 1. The number of methoxy groups -OCH3 is 1. The van der Waals surface area contributed by atoms with Gasteiger partial charge in [-0.1, -0.05) is 13.8 Å². The minimum atomic E-state index is -4.92. The third-order valence-corrected chi connectivity index (χ3v) is 5.43. The SMILES string of the molecule is CCC(N)(CC)CNS(=O)(=O)c1ccc(C(=O)OC)c(C(F)(F)F)c1.Cl. The summed E-state index contributed by atoms with van der Waals surface area (Å²) in [5.41, 5.74) is 3.05. The molecule has 6 nitrogen and oxygen atoms in total. The van der Waals surface area contributed by atoms with Gasteiger partial charge in [0.05, 0.1) is 23.1 Å². The van der Waals surface area contributed by atoms with E-state index >= 15 is 0 Å². The lowest BCUT2D eigenvalue weighted by Crippen LogP contribution is -2.49. The predicted molar refractivity (Wildman–Crippen MR) is 92.7 cm³/mol. The van der Waals surface area contributed by atoms with E-state index in [0.717, 1.165) is 19.2 Å². The molecule has 0 unspecified atom stereocenters. The number of carbonyl (C=O) groups is 1. The molecule has 1 rings (SSSR count). The van der Waals surface area contributed by atoms with Gasteiger partial charge in [-0.25, -0.2) is 17.9 Å². The molecule has 11 heteroatoms. The largest absolute Gasteiger partial charge is 0.465 e. The predicted octanol–water partition coefficient (Wildman–Crippen LogP) is 2.71. The van der Waals surface area contributed by atoms with Gasteiger partial charge in [0.15, 0.2) is 0 Å². The first-order chi connectivity index (χ1) is 11.4. The van der Waals surface area contributed by atoms with Crippen molar-refractivity contribution in [1.82, 2.24) is 4.72 Å². The highest BCUT2D eigenvalue weighted by molar-refractivity contribution is 7.89. The Morgan fingerprint density at radius 3 is 2.19 bits per heavy atom. The van der Waals surface area contributed by atoms with E-state index in [-0.39, 0.29) is 19.0 Å². The molecule has 0 atom stereocenters. The molecular weight excluding hydrogens is 397 g/mol. The van der Waals surface area contributed by atoms with Crippen molar-refractivity contribution in [3.8, 4) is 0 Å². The fourth-order valence-electron chi connectivity index (χ4n) is 2.04. The molecule has 26 heavy (non-hydrogen) atoms. The van der Waals surface area contributed by atoms with Crippen molar-refractivity contribution in [2.24, 2.45) is 5.73 Å². The summed E-state index contributed by atoms with van der Waals surface area (Å²) < 4.78 is 70.6. The van der Waals surface area contributed by atoms with Crippen molar-refractivity contribution in [1.29, 1.82) is 0 Å². The number of sulfonamides is 1. The van der Waals surface area contributed by atoms with Crippen LogP contribution in [-0.4, -0.2) is 33.6 Å². The number of nitrogens with two attached hydrogens (primary N) is 1. The number of alkyl halides is 3. The van der Waals surface area contributed by atoms with Crippen LogP contribution in [0.1, 0.15) is 42.6 Å². The topological polar surface area (TPSA) is 98.5 Å². The lowest BCUT2D eigenvalue weighted by molar-refractivity contribution is -0.138. The minimum absolute atomic E-state index is 0. The van der Waals surface area contributed by atoms with Gasteiger partial charge in [0.25, 0.3) is 0 Å². The van der Waals surface area contributed by atoms with Gasteiger partial charge < -0.3 is 10.5 Å². The maximum absolute atomic E-state index is 13.2. The number of nitrogens with one attached hydrogen (secondary N) is 1. The molecule has 0 spiro atoms. The summed E-state index contributed by atoms with van der Waals surface area (Å²) in [6.45, 7) is 3.44. The molecule has 0 radical (unpaired) electrons. The van der Waals surface area contributed by atoms with Crippen LogP contribution in [0.4, 0.5) is 13.2 Å². The first kappa shape index (κ1) is 24.6.